The molecule has 0 saturated carbocycles. The Morgan fingerprint density at radius 2 is 1.67 bits per heavy atom. The van der Waals surface area contributed by atoms with Crippen LogP contribution in [0.4, 0.5) is 22.8 Å². The molecule has 2 aromatic rings. The summed E-state index contributed by atoms with van der Waals surface area (Å²) < 4.78 is 50.2. The molecule has 0 aliphatic carbocycles. The zero-order valence-corrected chi connectivity index (χ0v) is 22.4. The number of likely N-dealkylation sites (tertiary alicyclic amines) is 1. The minimum Gasteiger partial charge on any atom is -0.530 e. The second-order valence-corrected chi connectivity index (χ2v) is 11.0. The molecule has 1 aromatic heterocycles. The number of hydrogen-bond donors (Lipinski definition) is 0. The average Bonchev–Trinajstić information content (AvgIpc) is 3.38. The van der Waals surface area contributed by atoms with Crippen LogP contribution in [-0.4, -0.2) is 81.9 Å². The highest BCUT2D eigenvalue weighted by Crippen LogP contribution is 2.38. The maximum Gasteiger partial charge on any atom is 0.416 e. The van der Waals surface area contributed by atoms with E-state index in [2.05, 4.69) is 10.1 Å². The number of morpholine rings is 1. The van der Waals surface area contributed by atoms with Crippen molar-refractivity contribution in [3.8, 4) is 0 Å². The summed E-state index contributed by atoms with van der Waals surface area (Å²) in [5.41, 5.74) is -0.861. The van der Waals surface area contributed by atoms with Crippen LogP contribution in [0, 0.1) is 0 Å². The molecule has 3 heterocycles. The molecule has 4 rings (SSSR count). The summed E-state index contributed by atoms with van der Waals surface area (Å²) in [7, 11) is 0. The van der Waals surface area contributed by atoms with Gasteiger partial charge in [-0.25, -0.2) is 4.79 Å². The fraction of sp³-hybridized carbons (Fsp3) is 0.615. The molecular weight excluding hydrogens is 519 g/mol. The van der Waals surface area contributed by atoms with Gasteiger partial charge >= 0.3 is 12.2 Å². The van der Waals surface area contributed by atoms with Gasteiger partial charge in [0.05, 0.1) is 18.8 Å². The lowest BCUT2D eigenvalue weighted by atomic mass is 9.84. The van der Waals surface area contributed by atoms with E-state index in [1.165, 1.54) is 12.1 Å². The van der Waals surface area contributed by atoms with Crippen LogP contribution >= 0.6 is 0 Å². The van der Waals surface area contributed by atoms with Crippen LogP contribution < -0.4 is 5.11 Å². The minimum atomic E-state index is -4.45. The fourth-order valence-electron chi connectivity index (χ4n) is 5.29. The molecule has 1 aromatic carbocycles. The van der Waals surface area contributed by atoms with E-state index in [4.69, 9.17) is 9.26 Å². The smallest absolute Gasteiger partial charge is 0.416 e. The molecule has 3 amide bonds. The number of carboxylic acid groups (broad SMARTS) is 1. The van der Waals surface area contributed by atoms with Crippen LogP contribution in [-0.2, 0) is 10.9 Å². The van der Waals surface area contributed by atoms with Gasteiger partial charge in [0, 0.05) is 43.6 Å². The molecule has 2 unspecified atom stereocenters. The fourth-order valence-corrected chi connectivity index (χ4v) is 5.29. The molecule has 39 heavy (non-hydrogen) atoms. The second-order valence-electron chi connectivity index (χ2n) is 11.0. The predicted octanol–water partition coefficient (Wildman–Crippen LogP) is 3.62. The molecule has 0 N–H and O–H groups in total. The maximum absolute atomic E-state index is 13.4. The van der Waals surface area contributed by atoms with E-state index in [1.54, 1.807) is 37.5 Å². The lowest BCUT2D eigenvalue weighted by Gasteiger charge is -2.41. The standard InChI is InChI=1S/C26H34F3N5O5/c1-16(34(24(36)37)25(2,3)4)22-30-21(31-39-22)19-13-18(17-5-7-20(8-6-17)26(27,28)29)14-33(15-19)23(35)32-9-11-38-12-10-32/h5-8,16,18-19H,9-15H2,1-4H3,(H,36,37)/p-1/t16-,18?,19?/m0/s1. The van der Waals surface area contributed by atoms with E-state index < -0.39 is 29.4 Å². The van der Waals surface area contributed by atoms with E-state index in [-0.39, 0.29) is 30.3 Å². The number of benzene rings is 1. The third-order valence-corrected chi connectivity index (χ3v) is 7.20. The Bertz CT molecular complexity index is 1160. The molecule has 2 aliphatic heterocycles. The molecule has 13 heteroatoms. The molecule has 2 fully saturated rings. The van der Waals surface area contributed by atoms with Crippen molar-refractivity contribution in [2.75, 3.05) is 39.4 Å². The number of urea groups is 1. The van der Waals surface area contributed by atoms with Gasteiger partial charge in [0.15, 0.2) is 5.82 Å². The largest absolute Gasteiger partial charge is 0.530 e. The number of carbonyl (C=O) groups excluding carboxylic acids is 2. The van der Waals surface area contributed by atoms with Gasteiger partial charge in [-0.05, 0) is 51.8 Å². The average molecular weight is 553 g/mol. The summed E-state index contributed by atoms with van der Waals surface area (Å²) in [5.74, 6) is -0.260. The Morgan fingerprint density at radius 1 is 1.05 bits per heavy atom. The van der Waals surface area contributed by atoms with E-state index >= 15 is 0 Å². The summed E-state index contributed by atoms with van der Waals surface area (Å²) in [4.78, 5) is 34.2. The molecule has 2 aliphatic rings. The molecule has 0 radical (unpaired) electrons. The predicted molar refractivity (Wildman–Crippen MR) is 131 cm³/mol. The summed E-state index contributed by atoms with van der Waals surface area (Å²) in [5, 5.41) is 15.9. The number of alkyl halides is 3. The minimum absolute atomic E-state index is 0.0897. The number of aromatic nitrogens is 2. The molecule has 10 nitrogen and oxygen atoms in total. The number of carbonyl (C=O) groups is 2. The van der Waals surface area contributed by atoms with Crippen molar-refractivity contribution in [2.45, 2.75) is 63.7 Å². The van der Waals surface area contributed by atoms with Crippen LogP contribution in [0.15, 0.2) is 28.8 Å². The lowest BCUT2D eigenvalue weighted by Crippen LogP contribution is -2.52. The summed E-state index contributed by atoms with van der Waals surface area (Å²) >= 11 is 0. The summed E-state index contributed by atoms with van der Waals surface area (Å²) in [6.07, 6.45) is -5.36. The third-order valence-electron chi connectivity index (χ3n) is 7.20. The highest BCUT2D eigenvalue weighted by atomic mass is 19.4. The molecule has 2 saturated heterocycles. The summed E-state index contributed by atoms with van der Waals surface area (Å²) in [6, 6.07) is 4.00. The van der Waals surface area contributed by atoms with Crippen molar-refractivity contribution < 1.29 is 37.1 Å². The Balaban J connectivity index is 1.61. The van der Waals surface area contributed by atoms with Gasteiger partial charge in [0.1, 0.15) is 12.1 Å². The van der Waals surface area contributed by atoms with Gasteiger partial charge in [-0.3, -0.25) is 0 Å². The van der Waals surface area contributed by atoms with Crippen LogP contribution in [0.3, 0.4) is 0 Å². The Kier molecular flexibility index (Phi) is 8.10. The van der Waals surface area contributed by atoms with Crippen molar-refractivity contribution in [1.82, 2.24) is 24.8 Å². The first-order valence-corrected chi connectivity index (χ1v) is 12.9. The SMILES string of the molecule is C[C@@H](c1nc(C2CC(c3ccc(C(F)(F)F)cc3)CN(C(=O)N3CCOCC3)C2)no1)N(C(=O)[O-])C(C)(C)C. The van der Waals surface area contributed by atoms with Crippen LogP contribution in [0.5, 0.6) is 0 Å². The zero-order valence-electron chi connectivity index (χ0n) is 22.4. The van der Waals surface area contributed by atoms with Crippen molar-refractivity contribution in [3.63, 3.8) is 0 Å². The van der Waals surface area contributed by atoms with Gasteiger partial charge in [0.25, 0.3) is 0 Å². The van der Waals surface area contributed by atoms with E-state index in [1.807, 2.05) is 0 Å². The van der Waals surface area contributed by atoms with Crippen molar-refractivity contribution in [2.24, 2.45) is 0 Å². The first-order chi connectivity index (χ1) is 18.3. The van der Waals surface area contributed by atoms with Crippen LogP contribution in [0.25, 0.3) is 0 Å². The van der Waals surface area contributed by atoms with Gasteiger partial charge in [-0.15, -0.1) is 0 Å². The van der Waals surface area contributed by atoms with E-state index in [0.717, 1.165) is 17.0 Å². The number of hydrogen-bond acceptors (Lipinski definition) is 7. The highest BCUT2D eigenvalue weighted by molar-refractivity contribution is 5.75. The first-order valence-electron chi connectivity index (χ1n) is 12.9. The third kappa shape index (κ3) is 6.45. The highest BCUT2D eigenvalue weighted by Gasteiger charge is 2.38. The number of nitrogens with zero attached hydrogens (tertiary/aromatic N) is 5. The molecule has 0 spiro atoms. The van der Waals surface area contributed by atoms with Gasteiger partial charge in [-0.1, -0.05) is 17.3 Å². The zero-order chi connectivity index (χ0) is 28.5. The summed E-state index contributed by atoms with van der Waals surface area (Å²) in [6.45, 7) is 9.15. The quantitative estimate of drug-likeness (QED) is 0.569. The van der Waals surface area contributed by atoms with Crippen molar-refractivity contribution in [3.05, 3.63) is 47.1 Å². The normalized spacial score (nSPS) is 21.5. The molecule has 0 bridgehead atoms. The van der Waals surface area contributed by atoms with E-state index in [9.17, 15) is 27.9 Å². The lowest BCUT2D eigenvalue weighted by molar-refractivity contribution is -0.274. The van der Waals surface area contributed by atoms with E-state index in [0.29, 0.717) is 50.7 Å². The molecular formula is C26H33F3N5O5-. The maximum atomic E-state index is 13.4. The van der Waals surface area contributed by atoms with Crippen LogP contribution in [0.2, 0.25) is 0 Å². The van der Waals surface area contributed by atoms with Crippen molar-refractivity contribution in [1.29, 1.82) is 0 Å². The first kappa shape index (κ1) is 28.7. The number of ether oxygens (including phenoxy) is 1. The second kappa shape index (κ2) is 11.0. The Morgan fingerprint density at radius 3 is 2.23 bits per heavy atom. The van der Waals surface area contributed by atoms with Gasteiger partial charge in [0.2, 0.25) is 5.89 Å². The number of rotatable bonds is 4. The van der Waals surface area contributed by atoms with Crippen molar-refractivity contribution >= 4 is 12.1 Å². The molecule has 214 valence electrons. The van der Waals surface area contributed by atoms with Gasteiger partial charge in [-0.2, -0.15) is 18.2 Å². The Hall–Kier alpha value is -3.35. The number of halogens is 3. The molecule has 3 atom stereocenters. The monoisotopic (exact) mass is 552 g/mol. The van der Waals surface area contributed by atoms with Crippen LogP contribution in [0.1, 0.15) is 74.8 Å². The van der Waals surface area contributed by atoms with Gasteiger partial charge < -0.3 is 33.9 Å². The number of piperidine rings is 1. The number of amides is 3. The Labute approximate surface area is 224 Å². The topological polar surface area (TPSA) is 115 Å².